The number of aryl methyl sites for hydroxylation is 1. The van der Waals surface area contributed by atoms with Gasteiger partial charge in [0.25, 0.3) is 0 Å². The molecule has 10 heteroatoms. The minimum Gasteiger partial charge on any atom is -0.760 e. The van der Waals surface area contributed by atoms with Crippen molar-refractivity contribution in [1.82, 2.24) is 9.71 Å². The molecule has 2 aromatic carbocycles. The van der Waals surface area contributed by atoms with E-state index < -0.39 is 34.2 Å². The molecule has 0 radical (unpaired) electrons. The summed E-state index contributed by atoms with van der Waals surface area (Å²) in [7, 11) is 0. The average Bonchev–Trinajstić information content (AvgIpc) is 3.10. The first-order valence-electron chi connectivity index (χ1n) is 7.75. The van der Waals surface area contributed by atoms with Crippen molar-refractivity contribution in [2.45, 2.75) is 12.8 Å². The molecule has 1 unspecified atom stereocenters. The minimum absolute atomic E-state index is 0.0807. The van der Waals surface area contributed by atoms with E-state index in [4.69, 9.17) is 16.0 Å². The molecule has 0 saturated carbocycles. The third-order valence-corrected chi connectivity index (χ3v) is 4.77. The van der Waals surface area contributed by atoms with Gasteiger partial charge < -0.3 is 8.97 Å². The predicted octanol–water partition coefficient (Wildman–Crippen LogP) is 3.31. The summed E-state index contributed by atoms with van der Waals surface area (Å²) in [5, 5.41) is -0.206. The van der Waals surface area contributed by atoms with Gasteiger partial charge in [-0.2, -0.15) is 0 Å². The van der Waals surface area contributed by atoms with E-state index in [2.05, 4.69) is 9.71 Å². The molecule has 0 spiro atoms. The fraction of sp³-hybridized carbons (Fsp3) is 0.176. The first-order valence-corrected chi connectivity index (χ1v) is 9.21. The Bertz CT molecular complexity index is 1040. The van der Waals surface area contributed by atoms with Crippen LogP contribution in [0.2, 0.25) is 5.02 Å². The van der Waals surface area contributed by atoms with Crippen LogP contribution in [-0.4, -0.2) is 26.1 Å². The van der Waals surface area contributed by atoms with Crippen molar-refractivity contribution in [2.75, 3.05) is 6.54 Å². The summed E-state index contributed by atoms with van der Waals surface area (Å²) in [5.74, 6) is -3.34. The van der Waals surface area contributed by atoms with Crippen LogP contribution >= 0.6 is 11.6 Å². The topological polar surface area (TPSA) is 95.3 Å². The Morgan fingerprint density at radius 3 is 2.85 bits per heavy atom. The Hall–Kier alpha value is -2.20. The molecule has 0 aliphatic heterocycles. The van der Waals surface area contributed by atoms with E-state index >= 15 is 0 Å². The third kappa shape index (κ3) is 4.22. The number of ketones is 1. The molecule has 142 valence electrons. The van der Waals surface area contributed by atoms with Crippen LogP contribution in [-0.2, 0) is 17.7 Å². The number of carbonyl (C=O) groups excluding carboxylic acids is 1. The average molecular weight is 414 g/mol. The molecule has 0 aliphatic carbocycles. The van der Waals surface area contributed by atoms with Gasteiger partial charge in [0.2, 0.25) is 0 Å². The van der Waals surface area contributed by atoms with Crippen LogP contribution in [0.15, 0.2) is 35.1 Å². The quantitative estimate of drug-likeness (QED) is 0.277. The number of nitrogens with one attached hydrogen (secondary N) is 1. The van der Waals surface area contributed by atoms with Crippen molar-refractivity contribution in [3.8, 4) is 0 Å². The molecule has 0 amide bonds. The monoisotopic (exact) mass is 413 g/mol. The Balaban J connectivity index is 1.93. The number of rotatable bonds is 7. The SMILES string of the molecule is O=C(c1ccc2ocnc2c1)c1c(F)c(F)cc(CCCNS(=O)[O-])c1Cl. The molecule has 0 fully saturated rings. The van der Waals surface area contributed by atoms with E-state index in [-0.39, 0.29) is 35.5 Å². The lowest BCUT2D eigenvalue weighted by Gasteiger charge is -2.12. The van der Waals surface area contributed by atoms with Gasteiger partial charge in [0, 0.05) is 23.4 Å². The molecule has 1 heterocycles. The molecule has 6 nitrogen and oxygen atoms in total. The van der Waals surface area contributed by atoms with Gasteiger partial charge >= 0.3 is 0 Å². The van der Waals surface area contributed by atoms with Crippen molar-refractivity contribution in [3.05, 3.63) is 64.0 Å². The first kappa shape index (κ1) is 19.6. The molecular formula is C17H12ClF2N2O4S-. The van der Waals surface area contributed by atoms with E-state index in [1.54, 1.807) is 0 Å². The fourth-order valence-corrected chi connectivity index (χ4v) is 3.24. The Kier molecular flexibility index (Phi) is 5.95. The number of hydrogen-bond acceptors (Lipinski definition) is 5. The number of halogens is 3. The second-order valence-corrected chi connectivity index (χ2v) is 6.75. The smallest absolute Gasteiger partial charge is 0.197 e. The Morgan fingerprint density at radius 1 is 1.33 bits per heavy atom. The van der Waals surface area contributed by atoms with Crippen molar-refractivity contribution in [1.29, 1.82) is 0 Å². The van der Waals surface area contributed by atoms with Gasteiger partial charge in [0.05, 0.1) is 10.6 Å². The van der Waals surface area contributed by atoms with Gasteiger partial charge in [-0.3, -0.25) is 9.00 Å². The maximum Gasteiger partial charge on any atom is 0.197 e. The molecule has 1 aromatic heterocycles. The lowest BCUT2D eigenvalue weighted by molar-refractivity contribution is 0.103. The summed E-state index contributed by atoms with van der Waals surface area (Å²) in [6.45, 7) is 0.0948. The first-order chi connectivity index (χ1) is 12.9. The van der Waals surface area contributed by atoms with Crippen LogP contribution < -0.4 is 4.72 Å². The van der Waals surface area contributed by atoms with Crippen LogP contribution in [0.4, 0.5) is 8.78 Å². The van der Waals surface area contributed by atoms with Gasteiger partial charge in [-0.05, 0) is 42.7 Å². The molecular weight excluding hydrogens is 402 g/mol. The highest BCUT2D eigenvalue weighted by atomic mass is 35.5. The van der Waals surface area contributed by atoms with Gasteiger partial charge in [-0.25, -0.2) is 18.5 Å². The van der Waals surface area contributed by atoms with Gasteiger partial charge in [0.15, 0.2) is 29.4 Å². The molecule has 27 heavy (non-hydrogen) atoms. The molecule has 3 aromatic rings. The molecule has 1 atom stereocenters. The van der Waals surface area contributed by atoms with E-state index in [0.717, 1.165) is 6.07 Å². The van der Waals surface area contributed by atoms with E-state index in [0.29, 0.717) is 11.1 Å². The van der Waals surface area contributed by atoms with Crippen molar-refractivity contribution < 1.29 is 26.8 Å². The number of aromatic nitrogens is 1. The molecule has 0 saturated heterocycles. The number of fused-ring (bicyclic) bond motifs is 1. The van der Waals surface area contributed by atoms with E-state index in [1.165, 1.54) is 24.6 Å². The summed E-state index contributed by atoms with van der Waals surface area (Å²) in [6.07, 6.45) is 1.65. The van der Waals surface area contributed by atoms with Gasteiger partial charge in [0.1, 0.15) is 5.52 Å². The normalized spacial score (nSPS) is 12.4. The number of nitrogens with zero attached hydrogens (tertiary/aromatic N) is 1. The van der Waals surface area contributed by atoms with Crippen LogP contribution in [0.5, 0.6) is 0 Å². The standard InChI is InChI=1S/C17H13ClF2N2O4S/c18-15-9(2-1-5-22-27(24)25)6-11(19)16(20)14(15)17(23)10-3-4-13-12(7-10)21-8-26-13/h3-4,6-8,22H,1-2,5H2,(H,24,25)/p-1. The van der Waals surface area contributed by atoms with Crippen molar-refractivity contribution >= 4 is 39.8 Å². The minimum atomic E-state index is -2.42. The largest absolute Gasteiger partial charge is 0.760 e. The summed E-state index contributed by atoms with van der Waals surface area (Å²) in [5.41, 5.74) is 0.555. The maximum absolute atomic E-state index is 14.3. The number of oxazole rings is 1. The highest BCUT2D eigenvalue weighted by Gasteiger charge is 2.24. The number of carbonyl (C=O) groups is 1. The predicted molar refractivity (Wildman–Crippen MR) is 94.1 cm³/mol. The Labute approximate surface area is 160 Å². The zero-order chi connectivity index (χ0) is 19.6. The summed E-state index contributed by atoms with van der Waals surface area (Å²) in [4.78, 5) is 16.7. The lowest BCUT2D eigenvalue weighted by Crippen LogP contribution is -2.18. The molecule has 1 N–H and O–H groups in total. The molecule has 0 aliphatic rings. The van der Waals surface area contributed by atoms with E-state index in [9.17, 15) is 22.3 Å². The van der Waals surface area contributed by atoms with Crippen LogP contribution in [0.3, 0.4) is 0 Å². The number of benzene rings is 2. The van der Waals surface area contributed by atoms with Gasteiger partial charge in [-0.1, -0.05) is 11.6 Å². The van der Waals surface area contributed by atoms with Crippen molar-refractivity contribution in [2.24, 2.45) is 0 Å². The fourth-order valence-electron chi connectivity index (χ4n) is 2.62. The molecule has 3 rings (SSSR count). The zero-order valence-electron chi connectivity index (χ0n) is 13.6. The van der Waals surface area contributed by atoms with Gasteiger partial charge in [-0.15, -0.1) is 0 Å². The Morgan fingerprint density at radius 2 is 2.11 bits per heavy atom. The van der Waals surface area contributed by atoms with Crippen LogP contribution in [0.1, 0.15) is 27.9 Å². The third-order valence-electron chi connectivity index (χ3n) is 3.89. The highest BCUT2D eigenvalue weighted by Crippen LogP contribution is 2.30. The second-order valence-electron chi connectivity index (χ2n) is 5.62. The molecule has 0 bridgehead atoms. The second kappa shape index (κ2) is 8.22. The van der Waals surface area contributed by atoms with Crippen molar-refractivity contribution in [3.63, 3.8) is 0 Å². The van der Waals surface area contributed by atoms with E-state index in [1.807, 2.05) is 0 Å². The highest BCUT2D eigenvalue weighted by molar-refractivity contribution is 7.77. The lowest BCUT2D eigenvalue weighted by atomic mass is 9.98. The zero-order valence-corrected chi connectivity index (χ0v) is 15.2. The van der Waals surface area contributed by atoms with Crippen LogP contribution in [0, 0.1) is 11.6 Å². The summed E-state index contributed by atoms with van der Waals surface area (Å²) < 4.78 is 56.5. The summed E-state index contributed by atoms with van der Waals surface area (Å²) >= 11 is 3.75. The maximum atomic E-state index is 14.3. The van der Waals surface area contributed by atoms with Crippen LogP contribution in [0.25, 0.3) is 11.1 Å². The summed E-state index contributed by atoms with van der Waals surface area (Å²) in [6, 6.07) is 5.21. The number of hydrogen-bond donors (Lipinski definition) is 1.